The minimum Gasteiger partial charge on any atom is -0.310 e. The van der Waals surface area contributed by atoms with Crippen molar-refractivity contribution in [3.63, 3.8) is 0 Å². The van der Waals surface area contributed by atoms with Crippen molar-refractivity contribution in [3.8, 4) is 6.07 Å². The number of hydrogen-bond acceptors (Lipinski definition) is 5. The Bertz CT molecular complexity index is 785. The second-order valence-electron chi connectivity index (χ2n) is 5.78. The van der Waals surface area contributed by atoms with Crippen LogP contribution in [0.4, 0.5) is 5.82 Å². The van der Waals surface area contributed by atoms with Crippen molar-refractivity contribution in [2.24, 2.45) is 0 Å². The van der Waals surface area contributed by atoms with Gasteiger partial charge in [-0.3, -0.25) is 4.79 Å². The van der Waals surface area contributed by atoms with Crippen molar-refractivity contribution in [2.45, 2.75) is 50.3 Å². The number of nitrogens with one attached hydrogen (secondary N) is 1. The number of hydrogen-bond donors (Lipinski definition) is 1. The van der Waals surface area contributed by atoms with E-state index in [4.69, 9.17) is 0 Å². The highest BCUT2D eigenvalue weighted by Gasteiger charge is 2.18. The lowest BCUT2D eigenvalue weighted by Gasteiger charge is -2.13. The fraction of sp³-hybridized carbons (Fsp3) is 0.368. The molecule has 1 atom stereocenters. The Balaban J connectivity index is 2.09. The molecule has 6 heteroatoms. The first-order valence-corrected chi connectivity index (χ1v) is 9.22. The summed E-state index contributed by atoms with van der Waals surface area (Å²) < 4.78 is 0. The first-order valence-electron chi connectivity index (χ1n) is 8.34. The fourth-order valence-corrected chi connectivity index (χ4v) is 3.12. The average molecular weight is 354 g/mol. The van der Waals surface area contributed by atoms with Gasteiger partial charge in [0.25, 0.3) is 0 Å². The molecule has 0 aliphatic rings. The maximum atomic E-state index is 12.4. The molecule has 1 N–H and O–H groups in total. The summed E-state index contributed by atoms with van der Waals surface area (Å²) >= 11 is 1.30. The van der Waals surface area contributed by atoms with Crippen LogP contribution >= 0.6 is 11.8 Å². The van der Waals surface area contributed by atoms with Gasteiger partial charge in [0.15, 0.2) is 0 Å². The molecular formula is C19H22N4OS. The molecule has 0 spiro atoms. The van der Waals surface area contributed by atoms with E-state index in [0.29, 0.717) is 16.4 Å². The summed E-state index contributed by atoms with van der Waals surface area (Å²) in [5, 5.41) is 12.3. The van der Waals surface area contributed by atoms with Gasteiger partial charge < -0.3 is 5.32 Å². The Morgan fingerprint density at radius 3 is 2.80 bits per heavy atom. The minimum atomic E-state index is -0.386. The summed E-state index contributed by atoms with van der Waals surface area (Å²) in [5.41, 5.74) is 2.30. The molecule has 130 valence electrons. The van der Waals surface area contributed by atoms with Crippen molar-refractivity contribution in [1.29, 1.82) is 5.26 Å². The highest BCUT2D eigenvalue weighted by molar-refractivity contribution is 8.00. The Kier molecular flexibility index (Phi) is 6.96. The second-order valence-corrected chi connectivity index (χ2v) is 7.11. The zero-order chi connectivity index (χ0) is 18.2. The number of aromatic nitrogens is 2. The number of amides is 1. The zero-order valence-corrected chi connectivity index (χ0v) is 15.6. The molecule has 0 aliphatic heterocycles. The average Bonchev–Trinajstić information content (AvgIpc) is 2.60. The van der Waals surface area contributed by atoms with Crippen LogP contribution in [0.1, 0.15) is 43.6 Å². The molecule has 25 heavy (non-hydrogen) atoms. The Labute approximate surface area is 152 Å². The molecule has 0 aromatic carbocycles. The first kappa shape index (κ1) is 18.9. The Hall–Kier alpha value is -2.39. The number of anilines is 1. The van der Waals surface area contributed by atoms with Gasteiger partial charge >= 0.3 is 0 Å². The molecule has 0 bridgehead atoms. The van der Waals surface area contributed by atoms with Gasteiger partial charge in [0, 0.05) is 11.4 Å². The van der Waals surface area contributed by atoms with Crippen molar-refractivity contribution in [1.82, 2.24) is 9.97 Å². The SMILES string of the molecule is CCCCc1ccc(C#N)c(SC(C)C(=O)Nc2cccc(C)n2)n1. The maximum absolute atomic E-state index is 12.4. The topological polar surface area (TPSA) is 78.7 Å². The van der Waals surface area contributed by atoms with Gasteiger partial charge in [0.1, 0.15) is 16.9 Å². The quantitative estimate of drug-likeness (QED) is 0.757. The smallest absolute Gasteiger partial charge is 0.238 e. The molecule has 2 aromatic heterocycles. The number of carbonyl (C=O) groups excluding carboxylic acids is 1. The van der Waals surface area contributed by atoms with E-state index in [1.54, 1.807) is 19.1 Å². The molecule has 0 fully saturated rings. The second kappa shape index (κ2) is 9.19. The Morgan fingerprint density at radius 2 is 2.12 bits per heavy atom. The summed E-state index contributed by atoms with van der Waals surface area (Å²) in [6, 6.07) is 11.3. The van der Waals surface area contributed by atoms with E-state index in [0.717, 1.165) is 30.7 Å². The van der Waals surface area contributed by atoms with Crippen LogP contribution in [0.3, 0.4) is 0 Å². The molecular weight excluding hydrogens is 332 g/mol. The van der Waals surface area contributed by atoms with Crippen LogP contribution < -0.4 is 5.32 Å². The van der Waals surface area contributed by atoms with E-state index in [9.17, 15) is 10.1 Å². The molecule has 2 heterocycles. The Morgan fingerprint density at radius 1 is 1.32 bits per heavy atom. The van der Waals surface area contributed by atoms with E-state index < -0.39 is 0 Å². The fourth-order valence-electron chi connectivity index (χ4n) is 2.21. The van der Waals surface area contributed by atoms with Gasteiger partial charge in [0.2, 0.25) is 5.91 Å². The van der Waals surface area contributed by atoms with Crippen LogP contribution in [0, 0.1) is 18.3 Å². The molecule has 1 amide bonds. The highest BCUT2D eigenvalue weighted by Crippen LogP contribution is 2.26. The van der Waals surface area contributed by atoms with Crippen LogP contribution in [0.5, 0.6) is 0 Å². The first-order chi connectivity index (χ1) is 12.0. The minimum absolute atomic E-state index is 0.159. The van der Waals surface area contributed by atoms with Gasteiger partial charge in [-0.1, -0.05) is 31.2 Å². The van der Waals surface area contributed by atoms with Crippen molar-refractivity contribution in [3.05, 3.63) is 47.3 Å². The van der Waals surface area contributed by atoms with Gasteiger partial charge in [-0.05, 0) is 51.0 Å². The third kappa shape index (κ3) is 5.57. The van der Waals surface area contributed by atoms with E-state index in [1.165, 1.54) is 11.8 Å². The molecule has 1 unspecified atom stereocenters. The van der Waals surface area contributed by atoms with E-state index in [1.807, 2.05) is 25.1 Å². The molecule has 0 aliphatic carbocycles. The van der Waals surface area contributed by atoms with E-state index >= 15 is 0 Å². The van der Waals surface area contributed by atoms with Crippen LogP contribution in [-0.4, -0.2) is 21.1 Å². The molecule has 0 saturated heterocycles. The van der Waals surface area contributed by atoms with Crippen LogP contribution in [0.25, 0.3) is 0 Å². The lowest BCUT2D eigenvalue weighted by atomic mass is 10.2. The standard InChI is InChI=1S/C19H22N4OS/c1-4-5-8-16-11-10-15(12-20)19(22-16)25-14(3)18(24)23-17-9-6-7-13(2)21-17/h6-7,9-11,14H,4-5,8H2,1-3H3,(H,21,23,24). The highest BCUT2D eigenvalue weighted by atomic mass is 32.2. The number of rotatable bonds is 7. The molecule has 2 rings (SSSR count). The summed E-state index contributed by atoms with van der Waals surface area (Å²) in [6.45, 7) is 5.81. The van der Waals surface area contributed by atoms with Gasteiger partial charge in [-0.25, -0.2) is 9.97 Å². The van der Waals surface area contributed by atoms with Crippen molar-refractivity contribution in [2.75, 3.05) is 5.32 Å². The van der Waals surface area contributed by atoms with E-state index in [-0.39, 0.29) is 11.2 Å². The van der Waals surface area contributed by atoms with Gasteiger partial charge in [-0.15, -0.1) is 0 Å². The van der Waals surface area contributed by atoms with Crippen LogP contribution in [0.2, 0.25) is 0 Å². The number of carbonyl (C=O) groups is 1. The normalized spacial score (nSPS) is 11.6. The predicted octanol–water partition coefficient (Wildman–Crippen LogP) is 4.12. The number of nitriles is 1. The maximum Gasteiger partial charge on any atom is 0.238 e. The third-order valence-electron chi connectivity index (χ3n) is 3.62. The molecule has 0 radical (unpaired) electrons. The molecule has 5 nitrogen and oxygen atoms in total. The molecule has 0 saturated carbocycles. The third-order valence-corrected chi connectivity index (χ3v) is 4.72. The van der Waals surface area contributed by atoms with Crippen molar-refractivity contribution < 1.29 is 4.79 Å². The lowest BCUT2D eigenvalue weighted by Crippen LogP contribution is -2.23. The van der Waals surface area contributed by atoms with Gasteiger partial charge in [-0.2, -0.15) is 5.26 Å². The van der Waals surface area contributed by atoms with Crippen molar-refractivity contribution >= 4 is 23.5 Å². The van der Waals surface area contributed by atoms with Crippen LogP contribution in [-0.2, 0) is 11.2 Å². The number of aryl methyl sites for hydroxylation is 2. The summed E-state index contributed by atoms with van der Waals surface area (Å²) in [6.07, 6.45) is 3.02. The van der Waals surface area contributed by atoms with Gasteiger partial charge in [0.05, 0.1) is 10.8 Å². The predicted molar refractivity (Wildman–Crippen MR) is 100 cm³/mol. The number of thioether (sulfide) groups is 1. The lowest BCUT2D eigenvalue weighted by molar-refractivity contribution is -0.115. The van der Waals surface area contributed by atoms with E-state index in [2.05, 4.69) is 28.3 Å². The number of pyridine rings is 2. The number of nitrogens with zero attached hydrogens (tertiary/aromatic N) is 3. The summed E-state index contributed by atoms with van der Waals surface area (Å²) in [7, 11) is 0. The molecule has 2 aromatic rings. The largest absolute Gasteiger partial charge is 0.310 e. The summed E-state index contributed by atoms with van der Waals surface area (Å²) in [5.74, 6) is 0.371. The number of unbranched alkanes of at least 4 members (excludes halogenated alkanes) is 1. The summed E-state index contributed by atoms with van der Waals surface area (Å²) in [4.78, 5) is 21.2. The zero-order valence-electron chi connectivity index (χ0n) is 14.7. The van der Waals surface area contributed by atoms with Crippen LogP contribution in [0.15, 0.2) is 35.4 Å². The monoisotopic (exact) mass is 354 g/mol.